The highest BCUT2D eigenvalue weighted by Crippen LogP contribution is 2.33. The molecule has 1 heterocycles. The van der Waals surface area contributed by atoms with E-state index in [4.69, 9.17) is 11.1 Å². The van der Waals surface area contributed by atoms with E-state index in [1.165, 1.54) is 0 Å². The van der Waals surface area contributed by atoms with E-state index in [1.54, 1.807) is 6.20 Å². The van der Waals surface area contributed by atoms with Crippen LogP contribution in [-0.2, 0) is 0 Å². The van der Waals surface area contributed by atoms with Crippen molar-refractivity contribution in [3.05, 3.63) is 58.7 Å². The van der Waals surface area contributed by atoms with Crippen LogP contribution >= 0.6 is 15.9 Å². The first-order valence-electron chi connectivity index (χ1n) is 8.15. The molecule has 7 heteroatoms. The van der Waals surface area contributed by atoms with Gasteiger partial charge in [0.15, 0.2) is 5.82 Å². The number of hydrogen-bond donors (Lipinski definition) is 3. The van der Waals surface area contributed by atoms with Crippen LogP contribution in [0.3, 0.4) is 0 Å². The number of fused-ring (bicyclic) bond motifs is 1. The number of pyridine rings is 1. The molecule has 0 amide bonds. The Bertz CT molecular complexity index is 974. The van der Waals surface area contributed by atoms with Crippen LogP contribution in [-0.4, -0.2) is 16.9 Å². The fourth-order valence-electron chi connectivity index (χ4n) is 2.46. The zero-order chi connectivity index (χ0) is 18.7. The lowest BCUT2D eigenvalue weighted by molar-refractivity contribution is 0.731. The number of anilines is 1. The second-order valence-corrected chi connectivity index (χ2v) is 7.06. The number of hydrogen-bond acceptors (Lipinski definition) is 5. The molecular weight excluding hydrogens is 392 g/mol. The average Bonchev–Trinajstić information content (AvgIpc) is 2.60. The summed E-state index contributed by atoms with van der Waals surface area (Å²) >= 11 is 3.47. The highest BCUT2D eigenvalue weighted by Gasteiger charge is 2.07. The number of azo groups is 1. The molecule has 0 aliphatic carbocycles. The summed E-state index contributed by atoms with van der Waals surface area (Å²) in [6.45, 7) is 4.00. The summed E-state index contributed by atoms with van der Waals surface area (Å²) in [5.74, 6) is 0.717. The molecule has 4 N–H and O–H groups in total. The first-order chi connectivity index (χ1) is 12.4. The first-order valence-corrected chi connectivity index (χ1v) is 8.94. The van der Waals surface area contributed by atoms with Crippen molar-refractivity contribution in [2.24, 2.45) is 10.2 Å². The van der Waals surface area contributed by atoms with Gasteiger partial charge in [-0.05, 0) is 50.2 Å². The van der Waals surface area contributed by atoms with Crippen LogP contribution in [0.4, 0.5) is 17.2 Å². The van der Waals surface area contributed by atoms with E-state index in [1.807, 2.05) is 56.3 Å². The first kappa shape index (κ1) is 18.0. The van der Waals surface area contributed by atoms with Gasteiger partial charge in [-0.2, -0.15) is 5.11 Å². The molecule has 0 saturated heterocycles. The summed E-state index contributed by atoms with van der Waals surface area (Å²) in [6.07, 6.45) is 1.72. The third kappa shape index (κ3) is 4.05. The van der Waals surface area contributed by atoms with Crippen molar-refractivity contribution in [1.29, 1.82) is 5.41 Å². The molecule has 0 aliphatic heterocycles. The Balaban J connectivity index is 1.88. The standard InChI is InChI=1S/C19H19BrN6/c1-11(2)24-18(21)12-4-7-15(8-5-12)25-26-17-16-9-14(20)6-3-13(16)10-23-19(17)22/h3-11H,1-2H3,(H2,21,24)(H2,22,23)/b26-25+. The van der Waals surface area contributed by atoms with Gasteiger partial charge in [0, 0.05) is 33.0 Å². The molecule has 3 aromatic rings. The minimum Gasteiger partial charge on any atom is -0.382 e. The van der Waals surface area contributed by atoms with Gasteiger partial charge in [-0.1, -0.05) is 22.0 Å². The zero-order valence-electron chi connectivity index (χ0n) is 14.5. The maximum atomic E-state index is 8.01. The van der Waals surface area contributed by atoms with Gasteiger partial charge in [0.25, 0.3) is 0 Å². The molecule has 0 saturated carbocycles. The van der Waals surface area contributed by atoms with Crippen molar-refractivity contribution in [2.45, 2.75) is 19.9 Å². The number of nitrogens with one attached hydrogen (secondary N) is 2. The molecule has 0 bridgehead atoms. The fraction of sp³-hybridized carbons (Fsp3) is 0.158. The molecular formula is C19H19BrN6. The van der Waals surface area contributed by atoms with Crippen LogP contribution in [0.1, 0.15) is 19.4 Å². The summed E-state index contributed by atoms with van der Waals surface area (Å²) < 4.78 is 0.938. The summed E-state index contributed by atoms with van der Waals surface area (Å²) in [4.78, 5) is 4.19. The molecule has 26 heavy (non-hydrogen) atoms. The predicted molar refractivity (Wildman–Crippen MR) is 110 cm³/mol. The molecule has 0 unspecified atom stereocenters. The SMILES string of the molecule is CC(C)NC(=N)c1ccc(/N=N/c2c(N)ncc3ccc(Br)cc23)cc1. The van der Waals surface area contributed by atoms with Gasteiger partial charge in [-0.25, -0.2) is 4.98 Å². The number of benzene rings is 2. The van der Waals surface area contributed by atoms with Gasteiger partial charge in [0.1, 0.15) is 11.5 Å². The normalized spacial score (nSPS) is 11.4. The molecule has 3 rings (SSSR count). The third-order valence-corrected chi connectivity index (χ3v) is 4.20. The van der Waals surface area contributed by atoms with E-state index < -0.39 is 0 Å². The van der Waals surface area contributed by atoms with Gasteiger partial charge >= 0.3 is 0 Å². The molecule has 132 valence electrons. The van der Waals surface area contributed by atoms with Crippen molar-refractivity contribution in [3.8, 4) is 0 Å². The van der Waals surface area contributed by atoms with E-state index in [-0.39, 0.29) is 6.04 Å². The Morgan fingerprint density at radius 1 is 1.15 bits per heavy atom. The van der Waals surface area contributed by atoms with Gasteiger partial charge in [0.2, 0.25) is 0 Å². The molecule has 0 atom stereocenters. The number of nitrogens with two attached hydrogens (primary N) is 1. The number of nitrogen functional groups attached to an aromatic ring is 1. The van der Waals surface area contributed by atoms with Crippen molar-refractivity contribution in [3.63, 3.8) is 0 Å². The number of nitrogens with zero attached hydrogens (tertiary/aromatic N) is 3. The Morgan fingerprint density at radius 2 is 1.88 bits per heavy atom. The number of halogens is 1. The van der Waals surface area contributed by atoms with Gasteiger partial charge < -0.3 is 11.1 Å². The quantitative estimate of drug-likeness (QED) is 0.308. The molecule has 0 aliphatic rings. The maximum Gasteiger partial charge on any atom is 0.151 e. The third-order valence-electron chi connectivity index (χ3n) is 3.71. The highest BCUT2D eigenvalue weighted by molar-refractivity contribution is 9.10. The Labute approximate surface area is 160 Å². The molecule has 0 spiro atoms. The van der Waals surface area contributed by atoms with Crippen LogP contribution in [0.2, 0.25) is 0 Å². The second-order valence-electron chi connectivity index (χ2n) is 6.14. The lowest BCUT2D eigenvalue weighted by atomic mass is 10.1. The molecule has 6 nitrogen and oxygen atoms in total. The molecule has 0 fully saturated rings. The van der Waals surface area contributed by atoms with Crippen LogP contribution in [0.25, 0.3) is 10.8 Å². The van der Waals surface area contributed by atoms with Crippen molar-refractivity contribution in [1.82, 2.24) is 10.3 Å². The summed E-state index contributed by atoms with van der Waals surface area (Å²) in [6, 6.07) is 13.4. The Morgan fingerprint density at radius 3 is 2.58 bits per heavy atom. The lowest BCUT2D eigenvalue weighted by Crippen LogP contribution is -2.29. The second kappa shape index (κ2) is 7.61. The summed E-state index contributed by atoms with van der Waals surface area (Å²) in [7, 11) is 0. The predicted octanol–water partition coefficient (Wildman–Crippen LogP) is 5.32. The van der Waals surface area contributed by atoms with Crippen molar-refractivity contribution in [2.75, 3.05) is 5.73 Å². The van der Waals surface area contributed by atoms with E-state index >= 15 is 0 Å². The Hall–Kier alpha value is -2.80. The van der Waals surface area contributed by atoms with E-state index in [0.29, 0.717) is 23.0 Å². The van der Waals surface area contributed by atoms with Crippen LogP contribution in [0, 0.1) is 5.41 Å². The number of amidine groups is 1. The van der Waals surface area contributed by atoms with Crippen LogP contribution < -0.4 is 11.1 Å². The minimum atomic E-state index is 0.211. The minimum absolute atomic E-state index is 0.211. The average molecular weight is 411 g/mol. The van der Waals surface area contributed by atoms with Crippen molar-refractivity contribution >= 4 is 49.7 Å². The maximum absolute atomic E-state index is 8.01. The van der Waals surface area contributed by atoms with Gasteiger partial charge in [-0.3, -0.25) is 5.41 Å². The number of aromatic nitrogens is 1. The molecule has 2 aromatic carbocycles. The van der Waals surface area contributed by atoms with E-state index in [0.717, 1.165) is 20.8 Å². The largest absolute Gasteiger partial charge is 0.382 e. The Kier molecular flexibility index (Phi) is 5.27. The van der Waals surface area contributed by atoms with E-state index in [9.17, 15) is 0 Å². The van der Waals surface area contributed by atoms with Gasteiger partial charge in [0.05, 0.1) is 5.69 Å². The lowest BCUT2D eigenvalue weighted by Gasteiger charge is -2.10. The van der Waals surface area contributed by atoms with Crippen LogP contribution in [0.15, 0.2) is 63.4 Å². The van der Waals surface area contributed by atoms with Crippen LogP contribution in [0.5, 0.6) is 0 Å². The topological polar surface area (TPSA) is 99.5 Å². The molecule has 0 radical (unpaired) electrons. The zero-order valence-corrected chi connectivity index (χ0v) is 16.1. The van der Waals surface area contributed by atoms with Crippen molar-refractivity contribution < 1.29 is 0 Å². The molecule has 1 aromatic heterocycles. The summed E-state index contributed by atoms with van der Waals surface area (Å²) in [5, 5.41) is 21.5. The number of rotatable bonds is 4. The van der Waals surface area contributed by atoms with Gasteiger partial charge in [-0.15, -0.1) is 5.11 Å². The fourth-order valence-corrected chi connectivity index (χ4v) is 2.83. The monoisotopic (exact) mass is 410 g/mol. The van der Waals surface area contributed by atoms with E-state index in [2.05, 4.69) is 36.5 Å². The summed E-state index contributed by atoms with van der Waals surface area (Å²) in [5.41, 5.74) is 8.02. The smallest absolute Gasteiger partial charge is 0.151 e. The highest BCUT2D eigenvalue weighted by atomic mass is 79.9.